The Kier molecular flexibility index (Phi) is 3.91. The Bertz CT molecular complexity index is 536. The molecule has 3 nitrogen and oxygen atoms in total. The third-order valence-corrected chi connectivity index (χ3v) is 3.67. The fourth-order valence-corrected chi connectivity index (χ4v) is 2.84. The highest BCUT2D eigenvalue weighted by Crippen LogP contribution is 2.27. The molecule has 0 unspecified atom stereocenters. The zero-order chi connectivity index (χ0) is 12.3. The molecule has 0 aliphatic rings. The Labute approximate surface area is 111 Å². The molecule has 0 saturated heterocycles. The number of carboxylic acid groups (broad SMARTS) is 1. The molecule has 17 heavy (non-hydrogen) atoms. The number of rotatable bonds is 4. The van der Waals surface area contributed by atoms with Gasteiger partial charge in [-0.25, -0.2) is 4.79 Å². The van der Waals surface area contributed by atoms with Crippen LogP contribution in [0.4, 0.5) is 0 Å². The first-order chi connectivity index (χ1) is 8.16. The van der Waals surface area contributed by atoms with Crippen LogP contribution in [0.3, 0.4) is 0 Å². The second kappa shape index (κ2) is 5.42. The lowest BCUT2D eigenvalue weighted by Gasteiger charge is -2.01. The van der Waals surface area contributed by atoms with Gasteiger partial charge < -0.3 is 9.52 Å². The molecule has 2 rings (SSSR count). The summed E-state index contributed by atoms with van der Waals surface area (Å²) in [7, 11) is 0. The van der Waals surface area contributed by atoms with E-state index >= 15 is 0 Å². The Morgan fingerprint density at radius 1 is 1.41 bits per heavy atom. The highest BCUT2D eigenvalue weighted by molar-refractivity contribution is 9.10. The molecule has 0 bridgehead atoms. The predicted molar refractivity (Wildman–Crippen MR) is 69.4 cm³/mol. The Balaban J connectivity index is 2.07. The zero-order valence-corrected chi connectivity index (χ0v) is 11.1. The van der Waals surface area contributed by atoms with Crippen LogP contribution in [0.25, 0.3) is 0 Å². The summed E-state index contributed by atoms with van der Waals surface area (Å²) in [6.07, 6.45) is 1.40. The molecule has 2 aromatic rings. The molecule has 1 N–H and O–H groups in total. The number of hydrogen-bond acceptors (Lipinski definition) is 3. The second-order valence-electron chi connectivity index (χ2n) is 3.33. The van der Waals surface area contributed by atoms with Crippen molar-refractivity contribution in [1.82, 2.24) is 0 Å². The predicted octanol–water partition coefficient (Wildman–Crippen LogP) is 4.03. The average molecular weight is 313 g/mol. The SMILES string of the molecule is O=C(O)c1occc1CSc1cccc(Br)c1. The van der Waals surface area contributed by atoms with Gasteiger partial charge in [-0.15, -0.1) is 11.8 Å². The number of furan rings is 1. The summed E-state index contributed by atoms with van der Waals surface area (Å²) < 4.78 is 5.92. The van der Waals surface area contributed by atoms with E-state index in [9.17, 15) is 4.79 Å². The number of benzene rings is 1. The lowest BCUT2D eigenvalue weighted by atomic mass is 10.3. The summed E-state index contributed by atoms with van der Waals surface area (Å²) in [5.74, 6) is -0.429. The number of aromatic carboxylic acids is 1. The molecule has 0 amide bonds. The van der Waals surface area contributed by atoms with E-state index in [0.717, 1.165) is 9.37 Å². The maximum atomic E-state index is 10.8. The average Bonchev–Trinajstić information content (AvgIpc) is 2.74. The van der Waals surface area contributed by atoms with Crippen molar-refractivity contribution in [2.75, 3.05) is 0 Å². The van der Waals surface area contributed by atoms with Gasteiger partial charge >= 0.3 is 5.97 Å². The van der Waals surface area contributed by atoms with Crippen molar-refractivity contribution in [2.45, 2.75) is 10.6 Å². The van der Waals surface area contributed by atoms with Gasteiger partial charge in [0.2, 0.25) is 5.76 Å². The van der Waals surface area contributed by atoms with Gasteiger partial charge in [-0.2, -0.15) is 0 Å². The van der Waals surface area contributed by atoms with E-state index in [-0.39, 0.29) is 5.76 Å². The van der Waals surface area contributed by atoms with Crippen molar-refractivity contribution in [3.63, 3.8) is 0 Å². The van der Waals surface area contributed by atoms with Crippen LogP contribution in [-0.4, -0.2) is 11.1 Å². The van der Waals surface area contributed by atoms with Crippen molar-refractivity contribution < 1.29 is 14.3 Å². The highest BCUT2D eigenvalue weighted by atomic mass is 79.9. The first-order valence-electron chi connectivity index (χ1n) is 4.85. The van der Waals surface area contributed by atoms with Crippen LogP contribution in [0.2, 0.25) is 0 Å². The number of carboxylic acids is 1. The van der Waals surface area contributed by atoms with E-state index in [1.165, 1.54) is 6.26 Å². The Morgan fingerprint density at radius 3 is 2.94 bits per heavy atom. The Hall–Kier alpha value is -1.20. The minimum atomic E-state index is -1.03. The third kappa shape index (κ3) is 3.14. The quantitative estimate of drug-likeness (QED) is 0.866. The smallest absolute Gasteiger partial charge is 0.372 e. The van der Waals surface area contributed by atoms with Gasteiger partial charge in [0.1, 0.15) is 0 Å². The molecule has 5 heteroatoms. The topological polar surface area (TPSA) is 50.4 Å². The number of carbonyl (C=O) groups is 1. The largest absolute Gasteiger partial charge is 0.475 e. The molecule has 0 fully saturated rings. The van der Waals surface area contributed by atoms with Crippen molar-refractivity contribution in [3.05, 3.63) is 52.4 Å². The molecule has 0 aliphatic heterocycles. The van der Waals surface area contributed by atoms with Crippen LogP contribution in [0.1, 0.15) is 16.1 Å². The minimum absolute atomic E-state index is 0.0208. The van der Waals surface area contributed by atoms with Gasteiger partial charge in [-0.1, -0.05) is 22.0 Å². The second-order valence-corrected chi connectivity index (χ2v) is 5.29. The van der Waals surface area contributed by atoms with E-state index < -0.39 is 5.97 Å². The maximum Gasteiger partial charge on any atom is 0.372 e. The number of halogens is 1. The van der Waals surface area contributed by atoms with Gasteiger partial charge in [-0.05, 0) is 24.3 Å². The van der Waals surface area contributed by atoms with Crippen LogP contribution >= 0.6 is 27.7 Å². The standard InChI is InChI=1S/C12H9BrO3S/c13-9-2-1-3-10(6-9)17-7-8-4-5-16-11(8)12(14)15/h1-6H,7H2,(H,14,15). The first kappa shape index (κ1) is 12.3. The molecule has 0 atom stereocenters. The molecule has 1 heterocycles. The van der Waals surface area contributed by atoms with Gasteiger partial charge in [0.15, 0.2) is 0 Å². The van der Waals surface area contributed by atoms with Crippen molar-refractivity contribution in [2.24, 2.45) is 0 Å². The lowest BCUT2D eigenvalue weighted by Crippen LogP contribution is -1.97. The Morgan fingerprint density at radius 2 is 2.24 bits per heavy atom. The van der Waals surface area contributed by atoms with Crippen molar-refractivity contribution in [3.8, 4) is 0 Å². The summed E-state index contributed by atoms with van der Waals surface area (Å²) in [5, 5.41) is 8.89. The lowest BCUT2D eigenvalue weighted by molar-refractivity contribution is 0.0661. The monoisotopic (exact) mass is 312 g/mol. The molecule has 0 radical (unpaired) electrons. The maximum absolute atomic E-state index is 10.8. The minimum Gasteiger partial charge on any atom is -0.475 e. The fraction of sp³-hybridized carbons (Fsp3) is 0.0833. The summed E-state index contributed by atoms with van der Waals surface area (Å²) in [6, 6.07) is 9.56. The third-order valence-electron chi connectivity index (χ3n) is 2.13. The van der Waals surface area contributed by atoms with Crippen molar-refractivity contribution in [1.29, 1.82) is 0 Å². The van der Waals surface area contributed by atoms with Crippen LogP contribution in [-0.2, 0) is 5.75 Å². The molecule has 0 aliphatic carbocycles. The molecular formula is C12H9BrO3S. The molecule has 0 saturated carbocycles. The zero-order valence-electron chi connectivity index (χ0n) is 8.72. The summed E-state index contributed by atoms with van der Waals surface area (Å²) in [5.41, 5.74) is 0.697. The first-order valence-corrected chi connectivity index (χ1v) is 6.62. The van der Waals surface area contributed by atoms with E-state index in [2.05, 4.69) is 15.9 Å². The normalized spacial score (nSPS) is 10.4. The van der Waals surface area contributed by atoms with Gasteiger partial charge in [-0.3, -0.25) is 0 Å². The van der Waals surface area contributed by atoms with E-state index in [1.807, 2.05) is 24.3 Å². The van der Waals surface area contributed by atoms with Gasteiger partial charge in [0.25, 0.3) is 0 Å². The molecular weight excluding hydrogens is 304 g/mol. The summed E-state index contributed by atoms with van der Waals surface area (Å²) >= 11 is 4.96. The van der Waals surface area contributed by atoms with Crippen molar-refractivity contribution >= 4 is 33.7 Å². The van der Waals surface area contributed by atoms with E-state index in [4.69, 9.17) is 9.52 Å². The number of hydrogen-bond donors (Lipinski definition) is 1. The molecule has 1 aromatic heterocycles. The molecule has 0 spiro atoms. The fourth-order valence-electron chi connectivity index (χ4n) is 1.35. The van der Waals surface area contributed by atoms with E-state index in [0.29, 0.717) is 11.3 Å². The summed E-state index contributed by atoms with van der Waals surface area (Å²) in [4.78, 5) is 11.9. The van der Waals surface area contributed by atoms with Gasteiger partial charge in [0, 0.05) is 20.7 Å². The van der Waals surface area contributed by atoms with Gasteiger partial charge in [0.05, 0.1) is 6.26 Å². The summed E-state index contributed by atoms with van der Waals surface area (Å²) in [6.45, 7) is 0. The number of thioether (sulfide) groups is 1. The van der Waals surface area contributed by atoms with Crippen LogP contribution in [0, 0.1) is 0 Å². The van der Waals surface area contributed by atoms with Crippen LogP contribution in [0.15, 0.2) is 50.4 Å². The van der Waals surface area contributed by atoms with Crippen LogP contribution in [0.5, 0.6) is 0 Å². The molecule has 88 valence electrons. The highest BCUT2D eigenvalue weighted by Gasteiger charge is 2.13. The van der Waals surface area contributed by atoms with E-state index in [1.54, 1.807) is 17.8 Å². The van der Waals surface area contributed by atoms with Crippen LogP contribution < -0.4 is 0 Å². The molecule has 1 aromatic carbocycles.